The quantitative estimate of drug-likeness (QED) is 0.808. The Kier molecular flexibility index (Phi) is 2.25. The Balaban J connectivity index is 1.93. The van der Waals surface area contributed by atoms with Crippen molar-refractivity contribution in [3.05, 3.63) is 29.3 Å². The van der Waals surface area contributed by atoms with Gasteiger partial charge in [0.1, 0.15) is 0 Å². The second-order valence-corrected chi connectivity index (χ2v) is 5.56. The molecule has 0 amide bonds. The van der Waals surface area contributed by atoms with E-state index in [1.165, 1.54) is 29.7 Å². The molecular weight excluding hydrogens is 252 g/mol. The number of hydrogen-bond donors (Lipinski definition) is 2. The van der Waals surface area contributed by atoms with Crippen LogP contribution in [0.25, 0.3) is 0 Å². The number of benzene rings is 1. The molecular formula is C12H15BrN2. The summed E-state index contributed by atoms with van der Waals surface area (Å²) in [5.41, 5.74) is 9.90. The first-order valence-corrected chi connectivity index (χ1v) is 6.44. The highest BCUT2D eigenvalue weighted by atomic mass is 79.9. The third-order valence-electron chi connectivity index (χ3n) is 3.34. The highest BCUT2D eigenvalue weighted by Gasteiger charge is 2.31. The largest absolute Gasteiger partial charge is 0.383 e. The van der Waals surface area contributed by atoms with Gasteiger partial charge in [-0.25, -0.2) is 0 Å². The van der Waals surface area contributed by atoms with Crippen LogP contribution in [0.15, 0.2) is 18.2 Å². The molecule has 3 rings (SSSR count). The van der Waals surface area contributed by atoms with E-state index >= 15 is 0 Å². The molecule has 2 aliphatic rings. The Hall–Kier alpha value is -0.540. The van der Waals surface area contributed by atoms with Crippen LogP contribution in [0.5, 0.6) is 0 Å². The van der Waals surface area contributed by atoms with Crippen LogP contribution in [0.3, 0.4) is 0 Å². The zero-order valence-electron chi connectivity index (χ0n) is 8.54. The molecule has 2 atom stereocenters. The SMILES string of the molecule is N[C@H]1CNc2ccc([C@@H](Br)C3CC3)cc21. The molecule has 1 saturated carbocycles. The molecule has 1 aromatic rings. The monoisotopic (exact) mass is 266 g/mol. The van der Waals surface area contributed by atoms with Crippen LogP contribution in [0, 0.1) is 5.92 Å². The standard InChI is InChI=1S/C12H15BrN2/c13-12(7-1-2-7)8-3-4-11-9(5-8)10(14)6-15-11/h3-5,7,10,12,15H,1-2,6,14H2/t10-,12-/m0/s1. The molecule has 0 radical (unpaired) electrons. The lowest BCUT2D eigenvalue weighted by molar-refractivity contribution is 0.794. The number of fused-ring (bicyclic) bond motifs is 1. The van der Waals surface area contributed by atoms with Crippen LogP contribution in [0.1, 0.15) is 34.8 Å². The minimum atomic E-state index is 0.166. The number of anilines is 1. The van der Waals surface area contributed by atoms with E-state index in [2.05, 4.69) is 39.4 Å². The predicted molar refractivity (Wildman–Crippen MR) is 66.3 cm³/mol. The third kappa shape index (κ3) is 1.68. The Bertz CT molecular complexity index is 387. The van der Waals surface area contributed by atoms with Gasteiger partial charge in [-0.3, -0.25) is 0 Å². The molecule has 1 aromatic carbocycles. The molecule has 15 heavy (non-hydrogen) atoms. The zero-order chi connectivity index (χ0) is 10.4. The van der Waals surface area contributed by atoms with Crippen molar-refractivity contribution < 1.29 is 0 Å². The second-order valence-electron chi connectivity index (χ2n) is 4.57. The summed E-state index contributed by atoms with van der Waals surface area (Å²) in [4.78, 5) is 0.524. The van der Waals surface area contributed by atoms with Crippen LogP contribution in [0.4, 0.5) is 5.69 Å². The summed E-state index contributed by atoms with van der Waals surface area (Å²) in [6.45, 7) is 0.870. The maximum absolute atomic E-state index is 6.03. The lowest BCUT2D eigenvalue weighted by Crippen LogP contribution is -2.11. The first kappa shape index (κ1) is 9.67. The van der Waals surface area contributed by atoms with E-state index in [1.807, 2.05) is 0 Å². The molecule has 1 aliphatic heterocycles. The summed E-state index contributed by atoms with van der Waals surface area (Å²) < 4.78 is 0. The normalized spacial score (nSPS) is 25.9. The van der Waals surface area contributed by atoms with E-state index in [0.717, 1.165) is 12.5 Å². The smallest absolute Gasteiger partial charge is 0.0491 e. The van der Waals surface area contributed by atoms with Crippen LogP contribution in [0.2, 0.25) is 0 Å². The van der Waals surface area contributed by atoms with Gasteiger partial charge in [-0.2, -0.15) is 0 Å². The van der Waals surface area contributed by atoms with Gasteiger partial charge in [-0.1, -0.05) is 28.1 Å². The summed E-state index contributed by atoms with van der Waals surface area (Å²) in [6, 6.07) is 6.80. The molecule has 3 heteroatoms. The van der Waals surface area contributed by atoms with Crippen LogP contribution >= 0.6 is 15.9 Å². The highest BCUT2D eigenvalue weighted by Crippen LogP contribution is 2.47. The molecule has 0 unspecified atom stereocenters. The van der Waals surface area contributed by atoms with Gasteiger partial charge in [0.05, 0.1) is 0 Å². The van der Waals surface area contributed by atoms with Gasteiger partial charge in [0, 0.05) is 23.1 Å². The van der Waals surface area contributed by atoms with Gasteiger partial charge < -0.3 is 11.1 Å². The van der Waals surface area contributed by atoms with Gasteiger partial charge in [-0.05, 0) is 36.0 Å². The van der Waals surface area contributed by atoms with E-state index in [0.29, 0.717) is 4.83 Å². The minimum Gasteiger partial charge on any atom is -0.383 e. The topological polar surface area (TPSA) is 38.0 Å². The van der Waals surface area contributed by atoms with E-state index in [-0.39, 0.29) is 6.04 Å². The Morgan fingerprint density at radius 2 is 2.20 bits per heavy atom. The van der Waals surface area contributed by atoms with Crippen molar-refractivity contribution in [2.24, 2.45) is 11.7 Å². The Morgan fingerprint density at radius 3 is 2.93 bits per heavy atom. The number of hydrogen-bond acceptors (Lipinski definition) is 2. The molecule has 0 aromatic heterocycles. The summed E-state index contributed by atoms with van der Waals surface area (Å²) in [6.07, 6.45) is 2.72. The van der Waals surface area contributed by atoms with E-state index < -0.39 is 0 Å². The number of halogens is 1. The first-order valence-electron chi connectivity index (χ1n) is 5.53. The van der Waals surface area contributed by atoms with Gasteiger partial charge in [-0.15, -0.1) is 0 Å². The average molecular weight is 267 g/mol. The molecule has 0 bridgehead atoms. The number of nitrogens with two attached hydrogens (primary N) is 1. The number of alkyl halides is 1. The van der Waals surface area contributed by atoms with Crippen molar-refractivity contribution in [1.29, 1.82) is 0 Å². The number of nitrogens with one attached hydrogen (secondary N) is 1. The number of rotatable bonds is 2. The lowest BCUT2D eigenvalue weighted by Gasteiger charge is -2.11. The van der Waals surface area contributed by atoms with Crippen LogP contribution in [-0.2, 0) is 0 Å². The van der Waals surface area contributed by atoms with E-state index in [9.17, 15) is 0 Å². The van der Waals surface area contributed by atoms with E-state index in [4.69, 9.17) is 5.73 Å². The third-order valence-corrected chi connectivity index (χ3v) is 4.62. The van der Waals surface area contributed by atoms with Crippen molar-refractivity contribution in [3.63, 3.8) is 0 Å². The fourth-order valence-electron chi connectivity index (χ4n) is 2.21. The predicted octanol–water partition coefficient (Wildman–Crippen LogP) is 2.96. The first-order chi connectivity index (χ1) is 7.25. The van der Waals surface area contributed by atoms with Crippen molar-refractivity contribution >= 4 is 21.6 Å². The van der Waals surface area contributed by atoms with Gasteiger partial charge in [0.2, 0.25) is 0 Å². The second kappa shape index (κ2) is 3.49. The maximum atomic E-state index is 6.03. The molecule has 0 spiro atoms. The van der Waals surface area contributed by atoms with Crippen molar-refractivity contribution in [1.82, 2.24) is 0 Å². The molecule has 0 saturated heterocycles. The van der Waals surface area contributed by atoms with E-state index in [1.54, 1.807) is 0 Å². The summed E-state index contributed by atoms with van der Waals surface area (Å²) >= 11 is 3.78. The maximum Gasteiger partial charge on any atom is 0.0491 e. The summed E-state index contributed by atoms with van der Waals surface area (Å²) in [5, 5.41) is 3.32. The fraction of sp³-hybridized carbons (Fsp3) is 0.500. The van der Waals surface area contributed by atoms with Crippen molar-refractivity contribution in [2.75, 3.05) is 11.9 Å². The molecule has 1 heterocycles. The van der Waals surface area contributed by atoms with Gasteiger partial charge in [0.15, 0.2) is 0 Å². The Morgan fingerprint density at radius 1 is 1.40 bits per heavy atom. The zero-order valence-corrected chi connectivity index (χ0v) is 10.1. The van der Waals surface area contributed by atoms with Gasteiger partial charge >= 0.3 is 0 Å². The minimum absolute atomic E-state index is 0.166. The van der Waals surface area contributed by atoms with Crippen molar-refractivity contribution in [3.8, 4) is 0 Å². The molecule has 80 valence electrons. The average Bonchev–Trinajstić information content (AvgIpc) is 3.04. The highest BCUT2D eigenvalue weighted by molar-refractivity contribution is 9.09. The summed E-state index contributed by atoms with van der Waals surface area (Å²) in [5.74, 6) is 0.841. The lowest BCUT2D eigenvalue weighted by atomic mass is 10.0. The fourth-order valence-corrected chi connectivity index (χ4v) is 3.02. The molecule has 2 nitrogen and oxygen atoms in total. The molecule has 3 N–H and O–H groups in total. The Labute approximate surface area is 98.4 Å². The molecule has 1 aliphatic carbocycles. The summed E-state index contributed by atoms with van der Waals surface area (Å²) in [7, 11) is 0. The van der Waals surface area contributed by atoms with Crippen LogP contribution in [-0.4, -0.2) is 6.54 Å². The van der Waals surface area contributed by atoms with Crippen LogP contribution < -0.4 is 11.1 Å². The van der Waals surface area contributed by atoms with Gasteiger partial charge in [0.25, 0.3) is 0 Å². The van der Waals surface area contributed by atoms with Crippen molar-refractivity contribution in [2.45, 2.75) is 23.7 Å². The molecule has 1 fully saturated rings.